The van der Waals surface area contributed by atoms with E-state index in [1.54, 1.807) is 0 Å². The lowest BCUT2D eigenvalue weighted by Crippen LogP contribution is -2.44. The molecule has 1 fully saturated rings. The largest absolute Gasteiger partial charge is 0.378 e. The number of imidazole rings is 1. The first kappa shape index (κ1) is 18.7. The topological polar surface area (TPSA) is 68.7 Å². The van der Waals surface area contributed by atoms with Crippen LogP contribution in [0.4, 0.5) is 0 Å². The molecule has 2 heterocycles. The van der Waals surface area contributed by atoms with Gasteiger partial charge in [0, 0.05) is 32.0 Å². The molecule has 0 unspecified atom stereocenters. The zero-order chi connectivity index (χ0) is 15.9. The van der Waals surface area contributed by atoms with E-state index >= 15 is 0 Å². The van der Waals surface area contributed by atoms with Gasteiger partial charge in [0.1, 0.15) is 12.4 Å². The predicted octanol–water partition coefficient (Wildman–Crippen LogP) is 1.89. The average molecular weight is 441 g/mol. The number of guanidine groups is 1. The number of benzene rings is 1. The first-order chi connectivity index (χ1) is 11.3. The second-order valence-corrected chi connectivity index (χ2v) is 5.55. The Bertz CT molecular complexity index is 637. The minimum atomic E-state index is 0. The maximum atomic E-state index is 6.06. The Kier molecular flexibility index (Phi) is 7.51. The lowest BCUT2D eigenvalue weighted by Gasteiger charge is -2.27. The van der Waals surface area contributed by atoms with Crippen molar-refractivity contribution in [3.8, 4) is 0 Å². The van der Waals surface area contributed by atoms with Gasteiger partial charge < -0.3 is 19.9 Å². The maximum Gasteiger partial charge on any atom is 0.191 e. The van der Waals surface area contributed by atoms with Crippen molar-refractivity contribution in [2.75, 3.05) is 26.3 Å². The lowest BCUT2D eigenvalue weighted by atomic mass is 10.1. The highest BCUT2D eigenvalue weighted by atomic mass is 127. The Labute approximate surface area is 159 Å². The Hall–Kier alpha value is -1.61. The van der Waals surface area contributed by atoms with Crippen LogP contribution in [-0.2, 0) is 24.2 Å². The van der Waals surface area contributed by atoms with Crippen molar-refractivity contribution in [1.29, 1.82) is 0 Å². The van der Waals surface area contributed by atoms with E-state index in [4.69, 9.17) is 10.5 Å². The molecule has 24 heavy (non-hydrogen) atoms. The van der Waals surface area contributed by atoms with Crippen molar-refractivity contribution in [1.82, 2.24) is 14.5 Å². The van der Waals surface area contributed by atoms with Gasteiger partial charge in [-0.1, -0.05) is 30.3 Å². The number of ether oxygens (including phenoxy) is 1. The molecule has 0 bridgehead atoms. The molecule has 0 amide bonds. The van der Waals surface area contributed by atoms with E-state index in [2.05, 4.69) is 43.7 Å². The molecule has 1 aromatic carbocycles. The molecule has 0 spiro atoms. The van der Waals surface area contributed by atoms with E-state index in [0.717, 1.165) is 31.9 Å². The summed E-state index contributed by atoms with van der Waals surface area (Å²) < 4.78 is 7.47. The third-order valence-corrected chi connectivity index (χ3v) is 4.00. The van der Waals surface area contributed by atoms with Gasteiger partial charge in [0.15, 0.2) is 5.96 Å². The van der Waals surface area contributed by atoms with Crippen LogP contribution < -0.4 is 5.73 Å². The highest BCUT2D eigenvalue weighted by molar-refractivity contribution is 14.0. The normalized spacial score (nSPS) is 15.2. The van der Waals surface area contributed by atoms with Crippen molar-refractivity contribution in [2.24, 2.45) is 10.7 Å². The number of nitrogens with two attached hydrogens (primary N) is 1. The highest BCUT2D eigenvalue weighted by Gasteiger charge is 2.12. The highest BCUT2D eigenvalue weighted by Crippen LogP contribution is 2.06. The summed E-state index contributed by atoms with van der Waals surface area (Å²) in [5.41, 5.74) is 7.39. The fourth-order valence-electron chi connectivity index (χ4n) is 2.63. The molecule has 1 saturated heterocycles. The molecule has 1 aliphatic heterocycles. The van der Waals surface area contributed by atoms with Gasteiger partial charge in [0.05, 0.1) is 13.2 Å². The van der Waals surface area contributed by atoms with Crippen LogP contribution in [0.5, 0.6) is 0 Å². The maximum absolute atomic E-state index is 6.06. The van der Waals surface area contributed by atoms with Crippen molar-refractivity contribution < 1.29 is 4.74 Å². The summed E-state index contributed by atoms with van der Waals surface area (Å²) in [6, 6.07) is 10.5. The van der Waals surface area contributed by atoms with E-state index in [1.807, 2.05) is 18.5 Å². The second kappa shape index (κ2) is 9.63. The smallest absolute Gasteiger partial charge is 0.191 e. The van der Waals surface area contributed by atoms with Crippen LogP contribution in [-0.4, -0.2) is 46.7 Å². The first-order valence-corrected chi connectivity index (χ1v) is 7.99. The summed E-state index contributed by atoms with van der Waals surface area (Å²) in [7, 11) is 0. The van der Waals surface area contributed by atoms with Gasteiger partial charge >= 0.3 is 0 Å². The molecule has 0 radical (unpaired) electrons. The number of aromatic nitrogens is 2. The first-order valence-electron chi connectivity index (χ1n) is 7.99. The Morgan fingerprint density at radius 1 is 1.21 bits per heavy atom. The third kappa shape index (κ3) is 5.20. The summed E-state index contributed by atoms with van der Waals surface area (Å²) in [5, 5.41) is 0. The van der Waals surface area contributed by atoms with Crippen LogP contribution in [0.3, 0.4) is 0 Å². The number of aliphatic imine (C=N–C) groups is 1. The molecule has 0 aliphatic carbocycles. The SMILES string of the molecule is I.NC(=NCc1nccn1CCc1ccccc1)N1CCOCC1. The van der Waals surface area contributed by atoms with E-state index in [1.165, 1.54) is 5.56 Å². The summed E-state index contributed by atoms with van der Waals surface area (Å²) in [6.07, 6.45) is 4.80. The van der Waals surface area contributed by atoms with E-state index in [0.29, 0.717) is 25.7 Å². The van der Waals surface area contributed by atoms with Crippen molar-refractivity contribution in [3.05, 3.63) is 54.1 Å². The van der Waals surface area contributed by atoms with Crippen LogP contribution in [0, 0.1) is 0 Å². The molecular weight excluding hydrogens is 417 g/mol. The van der Waals surface area contributed by atoms with Crippen LogP contribution in [0.1, 0.15) is 11.4 Å². The van der Waals surface area contributed by atoms with Gasteiger partial charge in [0.25, 0.3) is 0 Å². The van der Waals surface area contributed by atoms with E-state index < -0.39 is 0 Å². The van der Waals surface area contributed by atoms with Gasteiger partial charge in [-0.15, -0.1) is 24.0 Å². The fraction of sp³-hybridized carbons (Fsp3) is 0.412. The number of aryl methyl sites for hydroxylation is 2. The summed E-state index contributed by atoms with van der Waals surface area (Å²) in [5.74, 6) is 1.52. The van der Waals surface area contributed by atoms with Crippen LogP contribution >= 0.6 is 24.0 Å². The average Bonchev–Trinajstić information content (AvgIpc) is 3.07. The second-order valence-electron chi connectivity index (χ2n) is 5.55. The zero-order valence-corrected chi connectivity index (χ0v) is 16.0. The molecule has 2 aromatic rings. The Morgan fingerprint density at radius 3 is 2.71 bits per heavy atom. The van der Waals surface area contributed by atoms with Gasteiger partial charge in [-0.25, -0.2) is 9.98 Å². The molecular formula is C17H24IN5O. The molecule has 2 N–H and O–H groups in total. The number of rotatable bonds is 5. The lowest BCUT2D eigenvalue weighted by molar-refractivity contribution is 0.0674. The third-order valence-electron chi connectivity index (χ3n) is 4.00. The number of hydrogen-bond acceptors (Lipinski definition) is 3. The van der Waals surface area contributed by atoms with Gasteiger partial charge in [0.2, 0.25) is 0 Å². The predicted molar refractivity (Wildman–Crippen MR) is 106 cm³/mol. The van der Waals surface area contributed by atoms with Crippen LogP contribution in [0.2, 0.25) is 0 Å². The molecule has 0 saturated carbocycles. The fourth-order valence-corrected chi connectivity index (χ4v) is 2.63. The van der Waals surface area contributed by atoms with Crippen LogP contribution in [0.25, 0.3) is 0 Å². The summed E-state index contributed by atoms with van der Waals surface area (Å²) >= 11 is 0. The van der Waals surface area contributed by atoms with Crippen molar-refractivity contribution in [2.45, 2.75) is 19.5 Å². The summed E-state index contributed by atoms with van der Waals surface area (Å²) in [4.78, 5) is 10.9. The minimum Gasteiger partial charge on any atom is -0.378 e. The van der Waals surface area contributed by atoms with Crippen molar-refractivity contribution in [3.63, 3.8) is 0 Å². The van der Waals surface area contributed by atoms with Gasteiger partial charge in [-0.2, -0.15) is 0 Å². The number of morpholine rings is 1. The monoisotopic (exact) mass is 441 g/mol. The Balaban J connectivity index is 0.00000208. The van der Waals surface area contributed by atoms with E-state index in [-0.39, 0.29) is 24.0 Å². The number of hydrogen-bond donors (Lipinski definition) is 1. The molecule has 1 aromatic heterocycles. The molecule has 1 aliphatic rings. The van der Waals surface area contributed by atoms with Gasteiger partial charge in [-0.05, 0) is 12.0 Å². The molecule has 0 atom stereocenters. The number of nitrogens with zero attached hydrogens (tertiary/aromatic N) is 4. The number of halogens is 1. The van der Waals surface area contributed by atoms with Gasteiger partial charge in [-0.3, -0.25) is 0 Å². The minimum absolute atomic E-state index is 0. The van der Waals surface area contributed by atoms with Crippen LogP contribution in [0.15, 0.2) is 47.7 Å². The van der Waals surface area contributed by atoms with E-state index in [9.17, 15) is 0 Å². The zero-order valence-electron chi connectivity index (χ0n) is 13.7. The quantitative estimate of drug-likeness (QED) is 0.437. The molecule has 7 heteroatoms. The van der Waals surface area contributed by atoms with Crippen molar-refractivity contribution >= 4 is 29.9 Å². The molecule has 130 valence electrons. The molecule has 6 nitrogen and oxygen atoms in total. The molecule has 3 rings (SSSR count). The standard InChI is InChI=1S/C17H23N5O.HI/c18-17(22-10-12-23-13-11-22)20-14-16-19-7-9-21(16)8-6-15-4-2-1-3-5-15;/h1-5,7,9H,6,8,10-14H2,(H2,18,20);1H. The summed E-state index contributed by atoms with van der Waals surface area (Å²) in [6.45, 7) is 4.43. The Morgan fingerprint density at radius 2 is 1.96 bits per heavy atom.